The molecule has 0 aliphatic rings. The third-order valence-corrected chi connectivity index (χ3v) is 3.26. The Morgan fingerprint density at radius 1 is 0.826 bits per heavy atom. The lowest BCUT2D eigenvalue weighted by molar-refractivity contribution is -0.141. The van der Waals surface area contributed by atoms with E-state index in [2.05, 4.69) is 11.7 Å². The Morgan fingerprint density at radius 3 is 2.00 bits per heavy atom. The zero-order chi connectivity index (χ0) is 17.5. The van der Waals surface area contributed by atoms with Crippen molar-refractivity contribution in [2.75, 3.05) is 13.2 Å². The fourth-order valence-corrected chi connectivity index (χ4v) is 2.03. The minimum absolute atomic E-state index is 0.183. The van der Waals surface area contributed by atoms with Crippen LogP contribution in [0.3, 0.4) is 0 Å². The monoisotopic (exact) mass is 326 g/mol. The number of carbonyl (C=O) groups is 2. The molecule has 0 aliphatic heterocycles. The maximum atomic E-state index is 11.9. The van der Waals surface area contributed by atoms with Gasteiger partial charge in [-0.2, -0.15) is 0 Å². The summed E-state index contributed by atoms with van der Waals surface area (Å²) in [6.45, 7) is 6.04. The van der Waals surface area contributed by atoms with E-state index < -0.39 is 17.7 Å². The van der Waals surface area contributed by atoms with Crippen molar-refractivity contribution in [3.05, 3.63) is 23.5 Å². The molecule has 0 spiro atoms. The zero-order valence-corrected chi connectivity index (χ0v) is 14.6. The Balaban J connectivity index is 4.61. The zero-order valence-electron chi connectivity index (χ0n) is 14.6. The lowest BCUT2D eigenvalue weighted by Gasteiger charge is -2.06. The van der Waals surface area contributed by atoms with Gasteiger partial charge in [-0.15, -0.1) is 0 Å². The molecule has 0 aromatic carbocycles. The maximum Gasteiger partial charge on any atom is 0.373 e. The number of rotatable bonds is 12. The van der Waals surface area contributed by atoms with E-state index in [9.17, 15) is 14.7 Å². The molecule has 0 saturated carbocycles. The van der Waals surface area contributed by atoms with Crippen LogP contribution in [0.15, 0.2) is 23.5 Å². The van der Waals surface area contributed by atoms with Gasteiger partial charge in [0.2, 0.25) is 5.76 Å². The van der Waals surface area contributed by atoms with Crippen molar-refractivity contribution in [3.8, 4) is 0 Å². The predicted octanol–water partition coefficient (Wildman–Crippen LogP) is 4.23. The third kappa shape index (κ3) is 10.6. The molecule has 0 saturated heterocycles. The van der Waals surface area contributed by atoms with E-state index in [0.29, 0.717) is 18.6 Å². The Hall–Kier alpha value is -1.78. The highest BCUT2D eigenvalue weighted by Crippen LogP contribution is 2.14. The summed E-state index contributed by atoms with van der Waals surface area (Å²) >= 11 is 0. The summed E-state index contributed by atoms with van der Waals surface area (Å²) in [6.07, 6.45) is 9.91. The third-order valence-electron chi connectivity index (χ3n) is 3.26. The molecule has 0 fully saturated rings. The highest BCUT2D eigenvalue weighted by Gasteiger charge is 2.11. The number of ether oxygens (including phenoxy) is 2. The first-order chi connectivity index (χ1) is 11.1. The van der Waals surface area contributed by atoms with Crippen molar-refractivity contribution in [2.45, 2.75) is 65.7 Å². The summed E-state index contributed by atoms with van der Waals surface area (Å²) in [7, 11) is 0. The first-order valence-corrected chi connectivity index (χ1v) is 8.50. The van der Waals surface area contributed by atoms with E-state index in [1.54, 1.807) is 13.8 Å². The standard InChI is InChI=1S/C18H30O5/c1-4-7-8-9-10-11-12-15(17(20)22-5-2)13-14-16(19)18(21)23-6-3/h13-14,19H,4-12H2,1-3H3. The average molecular weight is 326 g/mol. The number of aliphatic hydroxyl groups is 1. The van der Waals surface area contributed by atoms with E-state index in [1.165, 1.54) is 31.4 Å². The molecule has 0 aromatic heterocycles. The number of esters is 2. The van der Waals surface area contributed by atoms with Gasteiger partial charge in [0.25, 0.3) is 0 Å². The number of carbonyl (C=O) groups excluding carboxylic acids is 2. The fraction of sp³-hybridized carbons (Fsp3) is 0.667. The van der Waals surface area contributed by atoms with Crippen LogP contribution in [0, 0.1) is 0 Å². The van der Waals surface area contributed by atoms with Crippen molar-refractivity contribution in [2.24, 2.45) is 0 Å². The smallest absolute Gasteiger partial charge is 0.373 e. The van der Waals surface area contributed by atoms with Gasteiger partial charge < -0.3 is 14.6 Å². The largest absolute Gasteiger partial charge is 0.502 e. The van der Waals surface area contributed by atoms with E-state index in [-0.39, 0.29) is 6.61 Å². The molecule has 0 bridgehead atoms. The quantitative estimate of drug-likeness (QED) is 0.191. The van der Waals surface area contributed by atoms with Crippen molar-refractivity contribution in [1.29, 1.82) is 0 Å². The van der Waals surface area contributed by atoms with Gasteiger partial charge in [-0.25, -0.2) is 9.59 Å². The fourth-order valence-electron chi connectivity index (χ4n) is 2.03. The first-order valence-electron chi connectivity index (χ1n) is 8.50. The molecule has 0 aliphatic carbocycles. The molecular weight excluding hydrogens is 296 g/mol. The number of hydrogen-bond donors (Lipinski definition) is 1. The topological polar surface area (TPSA) is 72.8 Å². The van der Waals surface area contributed by atoms with Crippen LogP contribution in [0.25, 0.3) is 0 Å². The summed E-state index contributed by atoms with van der Waals surface area (Å²) < 4.78 is 9.68. The van der Waals surface area contributed by atoms with E-state index in [0.717, 1.165) is 19.3 Å². The molecular formula is C18H30O5. The minimum atomic E-state index is -0.800. The number of hydrogen-bond acceptors (Lipinski definition) is 5. The molecule has 0 amide bonds. The maximum absolute atomic E-state index is 11.9. The van der Waals surface area contributed by atoms with Crippen LogP contribution in [0.2, 0.25) is 0 Å². The Kier molecular flexibility index (Phi) is 12.8. The van der Waals surface area contributed by atoms with Crippen LogP contribution in [0.5, 0.6) is 0 Å². The lowest BCUT2D eigenvalue weighted by Crippen LogP contribution is -2.09. The van der Waals surface area contributed by atoms with Crippen LogP contribution in [0.1, 0.15) is 65.7 Å². The minimum Gasteiger partial charge on any atom is -0.502 e. The molecule has 5 heteroatoms. The summed E-state index contributed by atoms with van der Waals surface area (Å²) in [5.74, 6) is -1.72. The Bertz CT molecular complexity index is 410. The first kappa shape index (κ1) is 21.2. The van der Waals surface area contributed by atoms with Crippen molar-refractivity contribution >= 4 is 11.9 Å². The SMILES string of the molecule is CCCCCCCCC(=CC=C(O)C(=O)OCC)C(=O)OCC. The van der Waals surface area contributed by atoms with Gasteiger partial charge in [0.15, 0.2) is 0 Å². The van der Waals surface area contributed by atoms with Crippen LogP contribution in [-0.2, 0) is 19.1 Å². The molecule has 0 atom stereocenters. The van der Waals surface area contributed by atoms with Crippen LogP contribution in [-0.4, -0.2) is 30.3 Å². The van der Waals surface area contributed by atoms with E-state index in [1.807, 2.05) is 0 Å². The predicted molar refractivity (Wildman–Crippen MR) is 90.1 cm³/mol. The van der Waals surface area contributed by atoms with Gasteiger partial charge in [0, 0.05) is 5.57 Å². The molecule has 0 aromatic rings. The Labute approximate surface area is 139 Å². The van der Waals surface area contributed by atoms with Gasteiger partial charge in [-0.1, -0.05) is 39.0 Å². The highest BCUT2D eigenvalue weighted by atomic mass is 16.5. The van der Waals surface area contributed by atoms with Gasteiger partial charge in [0.05, 0.1) is 13.2 Å². The molecule has 23 heavy (non-hydrogen) atoms. The van der Waals surface area contributed by atoms with Crippen molar-refractivity contribution < 1.29 is 24.2 Å². The molecule has 0 heterocycles. The molecule has 1 N–H and O–H groups in total. The van der Waals surface area contributed by atoms with Gasteiger partial charge in [-0.05, 0) is 38.8 Å². The molecule has 0 rings (SSSR count). The van der Waals surface area contributed by atoms with Gasteiger partial charge in [-0.3, -0.25) is 0 Å². The number of unbranched alkanes of at least 4 members (excludes halogenated alkanes) is 5. The van der Waals surface area contributed by atoms with Crippen LogP contribution >= 0.6 is 0 Å². The van der Waals surface area contributed by atoms with Crippen LogP contribution in [0.4, 0.5) is 0 Å². The van der Waals surface area contributed by atoms with E-state index >= 15 is 0 Å². The average Bonchev–Trinajstić information content (AvgIpc) is 2.53. The second kappa shape index (κ2) is 13.9. The lowest BCUT2D eigenvalue weighted by atomic mass is 10.0. The highest BCUT2D eigenvalue weighted by molar-refractivity contribution is 5.90. The summed E-state index contributed by atoms with van der Waals surface area (Å²) in [5, 5.41) is 9.57. The summed E-state index contributed by atoms with van der Waals surface area (Å²) in [4.78, 5) is 23.2. The second-order valence-corrected chi connectivity index (χ2v) is 5.20. The summed E-state index contributed by atoms with van der Waals surface area (Å²) in [5.41, 5.74) is 0.457. The molecule has 0 radical (unpaired) electrons. The van der Waals surface area contributed by atoms with Crippen LogP contribution < -0.4 is 0 Å². The van der Waals surface area contributed by atoms with E-state index in [4.69, 9.17) is 4.74 Å². The molecule has 5 nitrogen and oxygen atoms in total. The Morgan fingerprint density at radius 2 is 1.39 bits per heavy atom. The number of allylic oxidation sites excluding steroid dienone is 2. The molecule has 0 unspecified atom stereocenters. The summed E-state index contributed by atoms with van der Waals surface area (Å²) in [6, 6.07) is 0. The molecule has 132 valence electrons. The normalized spacial score (nSPS) is 12.1. The van der Waals surface area contributed by atoms with Crippen molar-refractivity contribution in [1.82, 2.24) is 0 Å². The van der Waals surface area contributed by atoms with Gasteiger partial charge in [0.1, 0.15) is 0 Å². The second-order valence-electron chi connectivity index (χ2n) is 5.20. The van der Waals surface area contributed by atoms with Gasteiger partial charge >= 0.3 is 11.9 Å². The van der Waals surface area contributed by atoms with Crippen molar-refractivity contribution in [3.63, 3.8) is 0 Å². The number of aliphatic hydroxyl groups excluding tert-OH is 1.